The summed E-state index contributed by atoms with van der Waals surface area (Å²) in [6.07, 6.45) is -7.29. The van der Waals surface area contributed by atoms with Crippen LogP contribution in [0.5, 0.6) is 0 Å². The third-order valence-electron chi connectivity index (χ3n) is 1.92. The number of carbonyl (C=O) groups is 1. The molecule has 2 N–H and O–H groups in total. The molecule has 0 aliphatic heterocycles. The molecule has 1 unspecified atom stereocenters. The minimum atomic E-state index is -4.73. The van der Waals surface area contributed by atoms with Crippen molar-refractivity contribution >= 4 is 21.8 Å². The van der Waals surface area contributed by atoms with Gasteiger partial charge in [-0.2, -0.15) is 13.2 Å². The third kappa shape index (κ3) is 4.35. The molecule has 0 saturated heterocycles. The van der Waals surface area contributed by atoms with Crippen LogP contribution in [-0.2, 0) is 0 Å². The van der Waals surface area contributed by atoms with Crippen LogP contribution in [0.4, 0.5) is 13.2 Å². The van der Waals surface area contributed by atoms with E-state index in [9.17, 15) is 18.0 Å². The molecule has 0 aliphatic carbocycles. The van der Waals surface area contributed by atoms with Crippen molar-refractivity contribution in [2.45, 2.75) is 12.3 Å². The van der Waals surface area contributed by atoms with E-state index in [4.69, 9.17) is 5.11 Å². The lowest BCUT2D eigenvalue weighted by atomic mass is 10.2. The van der Waals surface area contributed by atoms with Gasteiger partial charge in [-0.1, -0.05) is 22.0 Å². The van der Waals surface area contributed by atoms with Crippen LogP contribution in [0, 0.1) is 0 Å². The quantitative estimate of drug-likeness (QED) is 0.898. The lowest BCUT2D eigenvalue weighted by Gasteiger charge is -2.14. The Morgan fingerprint density at radius 3 is 2.65 bits per heavy atom. The second-order valence-corrected chi connectivity index (χ2v) is 4.19. The van der Waals surface area contributed by atoms with Gasteiger partial charge in [-0.05, 0) is 18.2 Å². The molecule has 1 rings (SSSR count). The summed E-state index contributed by atoms with van der Waals surface area (Å²) < 4.78 is 36.5. The molecular weight excluding hydrogens is 303 g/mol. The van der Waals surface area contributed by atoms with Gasteiger partial charge in [-0.3, -0.25) is 4.79 Å². The molecule has 0 saturated carbocycles. The summed E-state index contributed by atoms with van der Waals surface area (Å²) in [5, 5.41) is 10.7. The maximum absolute atomic E-state index is 12.0. The standard InChI is InChI=1S/C10H9BrF3NO2/c11-7-3-1-2-6(4-7)9(17)15-5-8(16)10(12,13)14/h1-4,8,16H,5H2,(H,15,17). The largest absolute Gasteiger partial charge is 0.416 e. The average Bonchev–Trinajstić information content (AvgIpc) is 2.24. The van der Waals surface area contributed by atoms with Crippen LogP contribution in [0.1, 0.15) is 10.4 Å². The molecule has 1 atom stereocenters. The van der Waals surface area contributed by atoms with E-state index in [0.717, 1.165) is 0 Å². The number of carbonyl (C=O) groups excluding carboxylic acids is 1. The minimum absolute atomic E-state index is 0.216. The van der Waals surface area contributed by atoms with Crippen molar-refractivity contribution in [2.75, 3.05) is 6.54 Å². The van der Waals surface area contributed by atoms with Gasteiger partial charge in [0.15, 0.2) is 6.10 Å². The van der Waals surface area contributed by atoms with Gasteiger partial charge in [0.1, 0.15) is 0 Å². The van der Waals surface area contributed by atoms with E-state index in [-0.39, 0.29) is 5.56 Å². The number of amides is 1. The fourth-order valence-corrected chi connectivity index (χ4v) is 1.44. The van der Waals surface area contributed by atoms with E-state index in [2.05, 4.69) is 15.9 Å². The predicted molar refractivity (Wildman–Crippen MR) is 58.5 cm³/mol. The topological polar surface area (TPSA) is 49.3 Å². The summed E-state index contributed by atoms with van der Waals surface area (Å²) in [7, 11) is 0. The molecule has 1 aromatic rings. The summed E-state index contributed by atoms with van der Waals surface area (Å²) in [6.45, 7) is -0.866. The summed E-state index contributed by atoms with van der Waals surface area (Å²) in [5.74, 6) is -0.672. The molecule has 0 heterocycles. The summed E-state index contributed by atoms with van der Waals surface area (Å²) in [6, 6.07) is 6.19. The van der Waals surface area contributed by atoms with Gasteiger partial charge in [0.05, 0.1) is 6.54 Å². The molecule has 17 heavy (non-hydrogen) atoms. The molecule has 0 radical (unpaired) electrons. The Kier molecular flexibility index (Phi) is 4.53. The normalized spacial score (nSPS) is 13.2. The number of aliphatic hydroxyl groups excluding tert-OH is 1. The highest BCUT2D eigenvalue weighted by molar-refractivity contribution is 9.10. The monoisotopic (exact) mass is 311 g/mol. The zero-order chi connectivity index (χ0) is 13.1. The van der Waals surface area contributed by atoms with Crippen LogP contribution in [0.2, 0.25) is 0 Å². The van der Waals surface area contributed by atoms with Crippen LogP contribution in [0.3, 0.4) is 0 Å². The first-order chi connectivity index (χ1) is 7.80. The summed E-state index contributed by atoms with van der Waals surface area (Å²) >= 11 is 3.13. The number of rotatable bonds is 3. The fraction of sp³-hybridized carbons (Fsp3) is 0.300. The smallest absolute Gasteiger partial charge is 0.382 e. The molecule has 0 fully saturated rings. The Balaban J connectivity index is 2.57. The first-order valence-corrected chi connectivity index (χ1v) is 5.38. The number of hydrogen-bond acceptors (Lipinski definition) is 2. The molecule has 3 nitrogen and oxygen atoms in total. The lowest BCUT2D eigenvalue weighted by molar-refractivity contribution is -0.201. The Labute approximate surface area is 104 Å². The zero-order valence-electron chi connectivity index (χ0n) is 8.46. The van der Waals surface area contributed by atoms with E-state index in [1.54, 1.807) is 12.1 Å². The highest BCUT2D eigenvalue weighted by atomic mass is 79.9. The molecule has 1 amide bonds. The molecule has 94 valence electrons. The van der Waals surface area contributed by atoms with E-state index in [1.165, 1.54) is 12.1 Å². The second kappa shape index (κ2) is 5.50. The molecule has 7 heteroatoms. The molecule has 0 aromatic heterocycles. The van der Waals surface area contributed by atoms with Gasteiger partial charge in [0.25, 0.3) is 5.91 Å². The van der Waals surface area contributed by atoms with Crippen molar-refractivity contribution < 1.29 is 23.1 Å². The Hall–Kier alpha value is -1.08. The van der Waals surface area contributed by atoms with E-state index in [1.807, 2.05) is 5.32 Å². The van der Waals surface area contributed by atoms with Gasteiger partial charge in [-0.15, -0.1) is 0 Å². The van der Waals surface area contributed by atoms with Gasteiger partial charge in [0.2, 0.25) is 0 Å². The first kappa shape index (κ1) is 14.0. The van der Waals surface area contributed by atoms with Crippen molar-refractivity contribution in [3.63, 3.8) is 0 Å². The maximum Gasteiger partial charge on any atom is 0.416 e. The van der Waals surface area contributed by atoms with Crippen molar-refractivity contribution in [1.29, 1.82) is 0 Å². The van der Waals surface area contributed by atoms with Gasteiger partial charge < -0.3 is 10.4 Å². The average molecular weight is 312 g/mol. The van der Waals surface area contributed by atoms with Crippen molar-refractivity contribution in [2.24, 2.45) is 0 Å². The van der Waals surface area contributed by atoms with E-state index in [0.29, 0.717) is 4.47 Å². The van der Waals surface area contributed by atoms with E-state index >= 15 is 0 Å². The molecular formula is C10H9BrF3NO2. The number of benzene rings is 1. The van der Waals surface area contributed by atoms with E-state index < -0.39 is 24.7 Å². The number of hydrogen-bond donors (Lipinski definition) is 2. The van der Waals surface area contributed by atoms with Gasteiger partial charge in [-0.25, -0.2) is 0 Å². The maximum atomic E-state index is 12.0. The van der Waals surface area contributed by atoms with Crippen molar-refractivity contribution in [3.8, 4) is 0 Å². The minimum Gasteiger partial charge on any atom is -0.382 e. The van der Waals surface area contributed by atoms with Crippen molar-refractivity contribution in [1.82, 2.24) is 5.32 Å². The molecule has 0 spiro atoms. The lowest BCUT2D eigenvalue weighted by Crippen LogP contribution is -2.40. The van der Waals surface area contributed by atoms with Crippen LogP contribution in [0.15, 0.2) is 28.7 Å². The highest BCUT2D eigenvalue weighted by Gasteiger charge is 2.38. The number of alkyl halides is 3. The summed E-state index contributed by atoms with van der Waals surface area (Å²) in [5.41, 5.74) is 0.216. The highest BCUT2D eigenvalue weighted by Crippen LogP contribution is 2.19. The number of aliphatic hydroxyl groups is 1. The summed E-state index contributed by atoms with van der Waals surface area (Å²) in [4.78, 5) is 11.4. The zero-order valence-corrected chi connectivity index (χ0v) is 10.0. The van der Waals surface area contributed by atoms with Gasteiger partial charge >= 0.3 is 6.18 Å². The molecule has 0 aliphatic rings. The number of nitrogens with one attached hydrogen (secondary N) is 1. The molecule has 0 bridgehead atoms. The first-order valence-electron chi connectivity index (χ1n) is 4.59. The molecule has 1 aromatic carbocycles. The van der Waals surface area contributed by atoms with Crippen LogP contribution < -0.4 is 5.32 Å². The fourth-order valence-electron chi connectivity index (χ4n) is 1.04. The Morgan fingerprint density at radius 1 is 1.47 bits per heavy atom. The van der Waals surface area contributed by atoms with Gasteiger partial charge in [0, 0.05) is 10.0 Å². The Bertz CT molecular complexity index is 409. The van der Waals surface area contributed by atoms with Crippen LogP contribution >= 0.6 is 15.9 Å². The second-order valence-electron chi connectivity index (χ2n) is 3.28. The van der Waals surface area contributed by atoms with Crippen molar-refractivity contribution in [3.05, 3.63) is 34.3 Å². The van der Waals surface area contributed by atoms with Crippen LogP contribution in [0.25, 0.3) is 0 Å². The third-order valence-corrected chi connectivity index (χ3v) is 2.41. The SMILES string of the molecule is O=C(NCC(O)C(F)(F)F)c1cccc(Br)c1. The Morgan fingerprint density at radius 2 is 2.12 bits per heavy atom. The predicted octanol–water partition coefficient (Wildman–Crippen LogP) is 2.10. The number of halogens is 4. The van der Waals surface area contributed by atoms with Crippen LogP contribution in [-0.4, -0.2) is 29.8 Å².